The first-order valence-electron chi connectivity index (χ1n) is 11.0. The van der Waals surface area contributed by atoms with E-state index in [9.17, 15) is 51.1 Å². The summed E-state index contributed by atoms with van der Waals surface area (Å²) in [6.07, 6.45) is -24.1. The maximum absolute atomic E-state index is 10.8. The summed E-state index contributed by atoms with van der Waals surface area (Å²) in [6, 6.07) is 0. The van der Waals surface area contributed by atoms with Crippen LogP contribution in [0.5, 0.6) is 0 Å². The Morgan fingerprint density at radius 2 is 0.886 bits per heavy atom. The van der Waals surface area contributed by atoms with E-state index in [4.69, 9.17) is 28.4 Å². The molecule has 10 N–H and O–H groups in total. The van der Waals surface area contributed by atoms with E-state index in [2.05, 4.69) is 0 Å². The zero-order chi connectivity index (χ0) is 26.0. The number of ether oxygens (including phenoxy) is 6. The molecule has 0 aromatic rings. The number of aliphatic hydroxyl groups is 10. The molecule has 0 aromatic carbocycles. The summed E-state index contributed by atoms with van der Waals surface area (Å²) in [5, 5.41) is 100. The van der Waals surface area contributed by atoms with Gasteiger partial charge in [0, 0.05) is 7.11 Å². The molecule has 3 aliphatic rings. The van der Waals surface area contributed by atoms with Gasteiger partial charge in [0.2, 0.25) is 0 Å². The fourth-order valence-corrected chi connectivity index (χ4v) is 4.23. The Balaban J connectivity index is 1.86. The molecule has 3 fully saturated rings. The highest BCUT2D eigenvalue weighted by Gasteiger charge is 2.54. The van der Waals surface area contributed by atoms with E-state index < -0.39 is 112 Å². The first-order valence-corrected chi connectivity index (χ1v) is 11.0. The Kier molecular flexibility index (Phi) is 10.1. The third kappa shape index (κ3) is 5.78. The van der Waals surface area contributed by atoms with Crippen molar-refractivity contribution in [3.8, 4) is 0 Å². The fraction of sp³-hybridized carbons (Fsp3) is 1.00. The lowest BCUT2D eigenvalue weighted by atomic mass is 9.96. The van der Waals surface area contributed by atoms with E-state index in [1.807, 2.05) is 0 Å². The van der Waals surface area contributed by atoms with Gasteiger partial charge in [-0.05, 0) is 0 Å². The topological polar surface area (TPSA) is 258 Å². The van der Waals surface area contributed by atoms with E-state index in [0.29, 0.717) is 0 Å². The smallest absolute Gasteiger partial charge is 0.187 e. The summed E-state index contributed by atoms with van der Waals surface area (Å²) < 4.78 is 32.5. The van der Waals surface area contributed by atoms with Crippen LogP contribution in [0.15, 0.2) is 0 Å². The normalized spacial score (nSPS) is 51.3. The second kappa shape index (κ2) is 12.3. The van der Waals surface area contributed by atoms with Crippen LogP contribution in [0, 0.1) is 0 Å². The average Bonchev–Trinajstić information content (AvgIpc) is 2.86. The van der Waals surface area contributed by atoms with Crippen LogP contribution >= 0.6 is 0 Å². The number of aliphatic hydroxyl groups excluding tert-OH is 10. The van der Waals surface area contributed by atoms with E-state index in [1.54, 1.807) is 0 Å². The predicted octanol–water partition coefficient (Wildman–Crippen LogP) is -6.92. The average molecular weight is 518 g/mol. The van der Waals surface area contributed by atoms with E-state index in [-0.39, 0.29) is 0 Å². The van der Waals surface area contributed by atoms with Gasteiger partial charge in [0.15, 0.2) is 18.9 Å². The Hall–Kier alpha value is -0.640. The lowest BCUT2D eigenvalue weighted by Crippen LogP contribution is -2.67. The van der Waals surface area contributed by atoms with Gasteiger partial charge in [-0.1, -0.05) is 0 Å². The van der Waals surface area contributed by atoms with Gasteiger partial charge in [-0.15, -0.1) is 0 Å². The molecule has 0 saturated carbocycles. The molecule has 16 heteroatoms. The highest BCUT2D eigenvalue weighted by Crippen LogP contribution is 2.33. The van der Waals surface area contributed by atoms with Crippen molar-refractivity contribution in [2.75, 3.05) is 26.9 Å². The molecule has 3 saturated heterocycles. The van der Waals surface area contributed by atoms with Crippen LogP contribution < -0.4 is 0 Å². The molecule has 3 aliphatic heterocycles. The number of rotatable bonds is 8. The van der Waals surface area contributed by atoms with Gasteiger partial charge in [0.05, 0.1) is 19.8 Å². The lowest BCUT2D eigenvalue weighted by molar-refractivity contribution is -0.385. The summed E-state index contributed by atoms with van der Waals surface area (Å²) in [7, 11) is 1.19. The van der Waals surface area contributed by atoms with Crippen LogP contribution in [0.2, 0.25) is 0 Å². The lowest BCUT2D eigenvalue weighted by Gasteiger charge is -2.48. The molecule has 3 heterocycles. The minimum absolute atomic E-state index is 0.733. The van der Waals surface area contributed by atoms with Crippen LogP contribution in [0.3, 0.4) is 0 Å². The molecule has 0 aliphatic carbocycles. The standard InChI is InChI=1S/C19H34O16/c1-30-17-14(29)16(35-19-13(28)11(26)9(24)6(3-21)32-19)15(7(4-22)33-17)34-18-12(27)10(25)8(23)5(2-20)31-18/h5-29H,2-4H2,1H3/t5-,6-,7-,8-,9-,10+,11+,12-,13-,14-,15+,16-,17+,18-,19-/m1/s1. The van der Waals surface area contributed by atoms with Gasteiger partial charge in [0.25, 0.3) is 0 Å². The fourth-order valence-electron chi connectivity index (χ4n) is 4.23. The Labute approximate surface area is 199 Å². The number of hydrogen-bond acceptors (Lipinski definition) is 16. The summed E-state index contributed by atoms with van der Waals surface area (Å²) in [4.78, 5) is 0. The summed E-state index contributed by atoms with van der Waals surface area (Å²) in [5.74, 6) is 0. The van der Waals surface area contributed by atoms with Crippen LogP contribution in [-0.4, -0.2) is 170 Å². The molecule has 0 spiro atoms. The Morgan fingerprint density at radius 1 is 0.486 bits per heavy atom. The van der Waals surface area contributed by atoms with Crippen molar-refractivity contribution in [3.63, 3.8) is 0 Å². The molecule has 15 atom stereocenters. The van der Waals surface area contributed by atoms with Crippen molar-refractivity contribution in [2.24, 2.45) is 0 Å². The summed E-state index contributed by atoms with van der Waals surface area (Å²) >= 11 is 0. The quantitative estimate of drug-likeness (QED) is 0.143. The van der Waals surface area contributed by atoms with Gasteiger partial charge in [-0.2, -0.15) is 0 Å². The maximum Gasteiger partial charge on any atom is 0.187 e. The third-order valence-corrected chi connectivity index (χ3v) is 6.31. The second-order valence-electron chi connectivity index (χ2n) is 8.55. The number of methoxy groups -OCH3 is 1. The maximum atomic E-state index is 10.8. The zero-order valence-electron chi connectivity index (χ0n) is 18.7. The van der Waals surface area contributed by atoms with Crippen molar-refractivity contribution >= 4 is 0 Å². The Bertz CT molecular complexity index is 652. The van der Waals surface area contributed by atoms with Crippen LogP contribution in [0.4, 0.5) is 0 Å². The molecule has 0 amide bonds. The van der Waals surface area contributed by atoms with E-state index in [1.165, 1.54) is 7.11 Å². The first-order chi connectivity index (χ1) is 16.6. The van der Waals surface area contributed by atoms with Gasteiger partial charge in [0.1, 0.15) is 73.2 Å². The molecule has 0 radical (unpaired) electrons. The van der Waals surface area contributed by atoms with Crippen LogP contribution in [0.25, 0.3) is 0 Å². The Morgan fingerprint density at radius 3 is 1.29 bits per heavy atom. The predicted molar refractivity (Wildman–Crippen MR) is 106 cm³/mol. The minimum atomic E-state index is -1.84. The molecule has 16 nitrogen and oxygen atoms in total. The van der Waals surface area contributed by atoms with Gasteiger partial charge in [-0.25, -0.2) is 0 Å². The molecule has 35 heavy (non-hydrogen) atoms. The molecular weight excluding hydrogens is 484 g/mol. The molecule has 0 unspecified atom stereocenters. The summed E-state index contributed by atoms with van der Waals surface area (Å²) in [6.45, 7) is -2.22. The summed E-state index contributed by atoms with van der Waals surface area (Å²) in [5.41, 5.74) is 0. The molecular formula is C19H34O16. The van der Waals surface area contributed by atoms with Crippen molar-refractivity contribution < 1.29 is 79.5 Å². The van der Waals surface area contributed by atoms with E-state index in [0.717, 1.165) is 0 Å². The van der Waals surface area contributed by atoms with Crippen molar-refractivity contribution in [1.29, 1.82) is 0 Å². The zero-order valence-corrected chi connectivity index (χ0v) is 18.7. The van der Waals surface area contributed by atoms with Gasteiger partial charge >= 0.3 is 0 Å². The van der Waals surface area contributed by atoms with Gasteiger partial charge in [-0.3, -0.25) is 0 Å². The third-order valence-electron chi connectivity index (χ3n) is 6.31. The van der Waals surface area contributed by atoms with Crippen LogP contribution in [0.1, 0.15) is 0 Å². The molecule has 0 aromatic heterocycles. The number of hydrogen-bond donors (Lipinski definition) is 10. The van der Waals surface area contributed by atoms with E-state index >= 15 is 0 Å². The first kappa shape index (κ1) is 28.9. The largest absolute Gasteiger partial charge is 0.394 e. The van der Waals surface area contributed by atoms with Crippen LogP contribution in [-0.2, 0) is 28.4 Å². The monoisotopic (exact) mass is 518 g/mol. The minimum Gasteiger partial charge on any atom is -0.394 e. The highest BCUT2D eigenvalue weighted by atomic mass is 16.8. The van der Waals surface area contributed by atoms with Crippen molar-refractivity contribution in [2.45, 2.75) is 92.1 Å². The van der Waals surface area contributed by atoms with Crippen molar-refractivity contribution in [3.05, 3.63) is 0 Å². The second-order valence-corrected chi connectivity index (χ2v) is 8.55. The molecule has 0 bridgehead atoms. The molecule has 3 rings (SSSR count). The van der Waals surface area contributed by atoms with Gasteiger partial charge < -0.3 is 79.5 Å². The SMILES string of the molecule is CO[C@H]1O[C@H](CO)[C@H](O[C@H]2O[C@H](CO)[C@@H](O)[C@H](O)[C@H]2O)[C@H](O[C@H]2O[C@H](CO)[C@@H](O)[C@H](O)[C@H]2O)[C@H]1O. The molecule has 206 valence electrons. The highest BCUT2D eigenvalue weighted by molar-refractivity contribution is 4.96. The van der Waals surface area contributed by atoms with Crippen molar-refractivity contribution in [1.82, 2.24) is 0 Å².